The second kappa shape index (κ2) is 6.64. The van der Waals surface area contributed by atoms with Crippen molar-refractivity contribution in [1.29, 1.82) is 0 Å². The number of aliphatic carboxylic acids is 1. The minimum atomic E-state index is -0.951. The van der Waals surface area contributed by atoms with Crippen LogP contribution in [0.3, 0.4) is 0 Å². The summed E-state index contributed by atoms with van der Waals surface area (Å²) in [6.07, 6.45) is 3.78. The van der Waals surface area contributed by atoms with Crippen molar-refractivity contribution >= 4 is 22.8 Å². The Morgan fingerprint density at radius 1 is 1.26 bits per heavy atom. The molecule has 3 rings (SSSR count). The van der Waals surface area contributed by atoms with Gasteiger partial charge in [-0.15, -0.1) is 0 Å². The van der Waals surface area contributed by atoms with E-state index in [1.54, 1.807) is 12.3 Å². The molecule has 0 saturated carbocycles. The van der Waals surface area contributed by atoms with E-state index in [1.165, 1.54) is 4.90 Å². The lowest BCUT2D eigenvalue weighted by molar-refractivity contribution is -0.152. The number of fused-ring (bicyclic) bond motifs is 1. The topological polar surface area (TPSA) is 79.7 Å². The van der Waals surface area contributed by atoms with Crippen LogP contribution in [0.1, 0.15) is 19.3 Å². The molecule has 0 radical (unpaired) electrons. The average Bonchev–Trinajstić information content (AvgIpc) is 2.59. The molecule has 2 heterocycles. The van der Waals surface area contributed by atoms with Gasteiger partial charge in [-0.05, 0) is 37.5 Å². The lowest BCUT2D eigenvalue weighted by Crippen LogP contribution is -2.49. The van der Waals surface area contributed by atoms with Crippen molar-refractivity contribution in [1.82, 2.24) is 9.88 Å². The lowest BCUT2D eigenvalue weighted by atomic mass is 10.0. The molecule has 1 aliphatic rings. The Bertz CT molecular complexity index is 726. The number of piperidine rings is 1. The number of aromatic nitrogens is 1. The van der Waals surface area contributed by atoms with Gasteiger partial charge >= 0.3 is 5.97 Å². The van der Waals surface area contributed by atoms with Gasteiger partial charge in [0.1, 0.15) is 11.8 Å². The van der Waals surface area contributed by atoms with Gasteiger partial charge in [-0.1, -0.05) is 12.1 Å². The van der Waals surface area contributed by atoms with Crippen LogP contribution in [0.4, 0.5) is 0 Å². The van der Waals surface area contributed by atoms with Crippen LogP contribution in [0.2, 0.25) is 0 Å². The fraction of sp³-hybridized carbons (Fsp3) is 0.353. The van der Waals surface area contributed by atoms with Crippen molar-refractivity contribution < 1.29 is 19.4 Å². The monoisotopic (exact) mass is 314 g/mol. The highest BCUT2D eigenvalue weighted by Gasteiger charge is 2.31. The molecule has 2 aromatic rings. The van der Waals surface area contributed by atoms with Crippen LogP contribution >= 0.6 is 0 Å². The molecule has 1 saturated heterocycles. The fourth-order valence-electron chi connectivity index (χ4n) is 2.90. The van der Waals surface area contributed by atoms with Crippen molar-refractivity contribution in [2.24, 2.45) is 0 Å². The van der Waals surface area contributed by atoms with Crippen LogP contribution in [-0.2, 0) is 9.59 Å². The lowest BCUT2D eigenvalue weighted by Gasteiger charge is -2.32. The van der Waals surface area contributed by atoms with Crippen LogP contribution in [-0.4, -0.2) is 46.1 Å². The summed E-state index contributed by atoms with van der Waals surface area (Å²) in [4.78, 5) is 29.3. The maximum atomic E-state index is 12.3. The zero-order valence-electron chi connectivity index (χ0n) is 12.6. The number of rotatable bonds is 4. The number of carboxylic acids is 1. The number of benzene rings is 1. The Morgan fingerprint density at radius 3 is 2.91 bits per heavy atom. The molecule has 23 heavy (non-hydrogen) atoms. The van der Waals surface area contributed by atoms with Gasteiger partial charge in [-0.3, -0.25) is 9.78 Å². The van der Waals surface area contributed by atoms with Gasteiger partial charge in [0, 0.05) is 18.1 Å². The molecular weight excluding hydrogens is 296 g/mol. The van der Waals surface area contributed by atoms with Crippen molar-refractivity contribution in [3.05, 3.63) is 36.5 Å². The Hall–Kier alpha value is -2.63. The molecule has 6 heteroatoms. The molecule has 1 N–H and O–H groups in total. The second-order valence-corrected chi connectivity index (χ2v) is 5.55. The minimum Gasteiger partial charge on any atom is -0.483 e. The summed E-state index contributed by atoms with van der Waals surface area (Å²) in [5.74, 6) is -0.668. The van der Waals surface area contributed by atoms with Crippen molar-refractivity contribution in [3.8, 4) is 5.75 Å². The molecule has 1 aromatic heterocycles. The summed E-state index contributed by atoms with van der Waals surface area (Å²) in [5, 5.41) is 10.1. The Morgan fingerprint density at radius 2 is 2.09 bits per heavy atom. The Kier molecular flexibility index (Phi) is 4.41. The van der Waals surface area contributed by atoms with Gasteiger partial charge < -0.3 is 14.7 Å². The van der Waals surface area contributed by atoms with E-state index in [1.807, 2.05) is 24.3 Å². The number of hydrogen-bond acceptors (Lipinski definition) is 4. The first-order valence-electron chi connectivity index (χ1n) is 7.65. The van der Waals surface area contributed by atoms with Gasteiger partial charge in [0.25, 0.3) is 5.91 Å². The molecule has 120 valence electrons. The standard InChI is InChI=1S/C17H18N2O4/c20-16(19-10-4-3-7-14(19)17(21)22)11-23-15-8-9-18-13-6-2-1-5-12(13)15/h1-2,5-6,8-9,14H,3-4,7,10-11H2,(H,21,22)/t14-/m0/s1. The molecule has 0 unspecified atom stereocenters. The summed E-state index contributed by atoms with van der Waals surface area (Å²) in [6.45, 7) is 0.300. The molecule has 1 aromatic carbocycles. The second-order valence-electron chi connectivity index (χ2n) is 5.55. The molecule has 0 bridgehead atoms. The predicted octanol–water partition coefficient (Wildman–Crippen LogP) is 2.08. The number of carbonyl (C=O) groups excluding carboxylic acids is 1. The first-order valence-corrected chi connectivity index (χ1v) is 7.65. The minimum absolute atomic E-state index is 0.169. The molecule has 6 nitrogen and oxygen atoms in total. The van der Waals surface area contributed by atoms with Gasteiger partial charge in [0.05, 0.1) is 5.52 Å². The highest BCUT2D eigenvalue weighted by atomic mass is 16.5. The summed E-state index contributed by atoms with van der Waals surface area (Å²) in [6, 6.07) is 8.48. The molecule has 1 fully saturated rings. The fourth-order valence-corrected chi connectivity index (χ4v) is 2.90. The maximum absolute atomic E-state index is 12.3. The molecule has 1 amide bonds. The Balaban J connectivity index is 1.71. The molecule has 0 spiro atoms. The third-order valence-corrected chi connectivity index (χ3v) is 4.07. The average molecular weight is 314 g/mol. The highest BCUT2D eigenvalue weighted by molar-refractivity contribution is 5.87. The number of carbonyl (C=O) groups is 2. The van der Waals surface area contributed by atoms with E-state index in [9.17, 15) is 14.7 Å². The van der Waals surface area contributed by atoms with Crippen LogP contribution in [0, 0.1) is 0 Å². The van der Waals surface area contributed by atoms with E-state index < -0.39 is 12.0 Å². The maximum Gasteiger partial charge on any atom is 0.326 e. The van der Waals surface area contributed by atoms with Crippen molar-refractivity contribution in [2.45, 2.75) is 25.3 Å². The van der Waals surface area contributed by atoms with E-state index in [0.717, 1.165) is 23.7 Å². The number of hydrogen-bond donors (Lipinski definition) is 1. The third-order valence-electron chi connectivity index (χ3n) is 4.07. The number of carboxylic acid groups (broad SMARTS) is 1. The van der Waals surface area contributed by atoms with Crippen molar-refractivity contribution in [3.63, 3.8) is 0 Å². The van der Waals surface area contributed by atoms with Gasteiger partial charge in [0.15, 0.2) is 6.61 Å². The highest BCUT2D eigenvalue weighted by Crippen LogP contribution is 2.24. The van der Waals surface area contributed by atoms with E-state index in [2.05, 4.69) is 4.98 Å². The van der Waals surface area contributed by atoms with E-state index in [4.69, 9.17) is 4.74 Å². The van der Waals surface area contributed by atoms with E-state index in [-0.39, 0.29) is 12.5 Å². The van der Waals surface area contributed by atoms with Gasteiger partial charge in [0.2, 0.25) is 0 Å². The first-order chi connectivity index (χ1) is 11.2. The number of amides is 1. The molecular formula is C17H18N2O4. The largest absolute Gasteiger partial charge is 0.483 e. The zero-order chi connectivity index (χ0) is 16.2. The number of ether oxygens (including phenoxy) is 1. The number of pyridine rings is 1. The van der Waals surface area contributed by atoms with E-state index in [0.29, 0.717) is 18.7 Å². The smallest absolute Gasteiger partial charge is 0.326 e. The normalized spacial score (nSPS) is 17.9. The summed E-state index contributed by atoms with van der Waals surface area (Å²) >= 11 is 0. The molecule has 1 aliphatic heterocycles. The molecule has 0 aliphatic carbocycles. The SMILES string of the molecule is O=C(O)[C@@H]1CCCCN1C(=O)COc1ccnc2ccccc12. The first kappa shape index (κ1) is 15.3. The van der Waals surface area contributed by atoms with Crippen LogP contribution in [0.5, 0.6) is 5.75 Å². The summed E-state index contributed by atoms with van der Waals surface area (Å²) < 4.78 is 5.64. The summed E-state index contributed by atoms with van der Waals surface area (Å²) in [5.41, 5.74) is 0.791. The van der Waals surface area contributed by atoms with Crippen LogP contribution in [0.15, 0.2) is 36.5 Å². The van der Waals surface area contributed by atoms with Gasteiger partial charge in [-0.2, -0.15) is 0 Å². The van der Waals surface area contributed by atoms with Crippen LogP contribution in [0.25, 0.3) is 10.9 Å². The number of nitrogens with zero attached hydrogens (tertiary/aromatic N) is 2. The molecule has 1 atom stereocenters. The Labute approximate surface area is 133 Å². The van der Waals surface area contributed by atoms with E-state index >= 15 is 0 Å². The summed E-state index contributed by atoms with van der Waals surface area (Å²) in [7, 11) is 0. The van der Waals surface area contributed by atoms with Crippen molar-refractivity contribution in [2.75, 3.05) is 13.2 Å². The quantitative estimate of drug-likeness (QED) is 0.934. The number of likely N-dealkylation sites (tertiary alicyclic amines) is 1. The predicted molar refractivity (Wildman–Crippen MR) is 84.2 cm³/mol. The zero-order valence-corrected chi connectivity index (χ0v) is 12.6. The van der Waals surface area contributed by atoms with Crippen LogP contribution < -0.4 is 4.74 Å². The van der Waals surface area contributed by atoms with Gasteiger partial charge in [-0.25, -0.2) is 4.79 Å². The number of para-hydroxylation sites is 1. The third kappa shape index (κ3) is 3.26.